The molecule has 1 fully saturated rings. The Balaban J connectivity index is 1.54. The van der Waals surface area contributed by atoms with Crippen molar-refractivity contribution in [3.63, 3.8) is 0 Å². The van der Waals surface area contributed by atoms with Gasteiger partial charge in [-0.2, -0.15) is 0 Å². The molecule has 1 aromatic carbocycles. The lowest BCUT2D eigenvalue weighted by molar-refractivity contribution is 0.0567. The van der Waals surface area contributed by atoms with Gasteiger partial charge in [0.1, 0.15) is 0 Å². The number of halogens is 1. The van der Waals surface area contributed by atoms with E-state index >= 15 is 0 Å². The van der Waals surface area contributed by atoms with Gasteiger partial charge in [-0.25, -0.2) is 0 Å². The number of aliphatic hydroxyl groups excluding tert-OH is 1. The van der Waals surface area contributed by atoms with Crippen molar-refractivity contribution >= 4 is 11.6 Å². The third-order valence-electron chi connectivity index (χ3n) is 4.42. The van der Waals surface area contributed by atoms with Crippen molar-refractivity contribution in [3.05, 3.63) is 64.9 Å². The lowest BCUT2D eigenvalue weighted by Gasteiger charge is -2.34. The minimum Gasteiger partial charge on any atom is -0.388 e. The second-order valence-corrected chi connectivity index (χ2v) is 6.41. The van der Waals surface area contributed by atoms with E-state index in [-0.39, 0.29) is 0 Å². The molecule has 1 unspecified atom stereocenters. The van der Waals surface area contributed by atoms with Gasteiger partial charge in [-0.1, -0.05) is 29.8 Å². The predicted octanol–water partition coefficient (Wildman–Crippen LogP) is 3.68. The molecule has 0 aliphatic carbocycles. The van der Waals surface area contributed by atoms with Crippen molar-refractivity contribution in [2.75, 3.05) is 13.1 Å². The predicted molar refractivity (Wildman–Crippen MR) is 88.6 cm³/mol. The summed E-state index contributed by atoms with van der Waals surface area (Å²) in [5.41, 5.74) is 2.22. The SMILES string of the molecule is OC(c1ccc(Cl)cc1)C1CCN(Cc2cccnc2)CC1. The quantitative estimate of drug-likeness (QED) is 0.934. The lowest BCUT2D eigenvalue weighted by Crippen LogP contribution is -2.35. The topological polar surface area (TPSA) is 36.4 Å². The molecule has 1 N–H and O–H groups in total. The molecule has 0 spiro atoms. The third kappa shape index (κ3) is 3.86. The van der Waals surface area contributed by atoms with Crippen LogP contribution in [0, 0.1) is 5.92 Å². The Kier molecular flexibility index (Phi) is 5.08. The minimum atomic E-state index is -0.391. The molecule has 0 amide bonds. The van der Waals surface area contributed by atoms with Crippen LogP contribution in [0.1, 0.15) is 30.1 Å². The second-order valence-electron chi connectivity index (χ2n) is 5.97. The molecule has 3 nitrogen and oxygen atoms in total. The fourth-order valence-corrected chi connectivity index (χ4v) is 3.23. The van der Waals surface area contributed by atoms with Gasteiger partial charge in [0.25, 0.3) is 0 Å². The number of aromatic nitrogens is 1. The summed E-state index contributed by atoms with van der Waals surface area (Å²) in [4.78, 5) is 6.60. The van der Waals surface area contributed by atoms with Gasteiger partial charge in [-0.05, 0) is 61.2 Å². The monoisotopic (exact) mass is 316 g/mol. The summed E-state index contributed by atoms with van der Waals surface area (Å²) in [6.45, 7) is 2.98. The molecule has 0 bridgehead atoms. The molecule has 1 aromatic heterocycles. The maximum atomic E-state index is 10.5. The van der Waals surface area contributed by atoms with Crippen LogP contribution in [0.3, 0.4) is 0 Å². The highest BCUT2D eigenvalue weighted by Gasteiger charge is 2.26. The number of pyridine rings is 1. The number of benzene rings is 1. The molecular weight excluding hydrogens is 296 g/mol. The number of nitrogens with zero attached hydrogens (tertiary/aromatic N) is 2. The lowest BCUT2D eigenvalue weighted by atomic mass is 9.87. The average molecular weight is 317 g/mol. The van der Waals surface area contributed by atoms with Gasteiger partial charge in [0.05, 0.1) is 6.10 Å². The van der Waals surface area contributed by atoms with Crippen LogP contribution in [-0.2, 0) is 6.54 Å². The maximum Gasteiger partial charge on any atom is 0.0819 e. The zero-order chi connectivity index (χ0) is 15.4. The summed E-state index contributed by atoms with van der Waals surface area (Å²) in [6.07, 6.45) is 5.37. The van der Waals surface area contributed by atoms with Gasteiger partial charge >= 0.3 is 0 Å². The molecule has 1 aliphatic heterocycles. The van der Waals surface area contributed by atoms with E-state index < -0.39 is 6.10 Å². The first-order valence-corrected chi connectivity index (χ1v) is 8.15. The van der Waals surface area contributed by atoms with Gasteiger partial charge in [0.2, 0.25) is 0 Å². The smallest absolute Gasteiger partial charge is 0.0819 e. The molecule has 0 radical (unpaired) electrons. The highest BCUT2D eigenvalue weighted by molar-refractivity contribution is 6.30. The molecule has 1 atom stereocenters. The number of piperidine rings is 1. The average Bonchev–Trinajstić information content (AvgIpc) is 2.57. The van der Waals surface area contributed by atoms with Crippen LogP contribution in [0.25, 0.3) is 0 Å². The zero-order valence-corrected chi connectivity index (χ0v) is 13.3. The van der Waals surface area contributed by atoms with Crippen molar-refractivity contribution in [1.82, 2.24) is 9.88 Å². The normalized spacial score (nSPS) is 18.3. The number of likely N-dealkylation sites (tertiary alicyclic amines) is 1. The summed E-state index contributed by atoms with van der Waals surface area (Å²) in [6, 6.07) is 11.6. The van der Waals surface area contributed by atoms with Crippen molar-refractivity contribution in [1.29, 1.82) is 0 Å². The fourth-order valence-electron chi connectivity index (χ4n) is 3.11. The van der Waals surface area contributed by atoms with Crippen LogP contribution in [-0.4, -0.2) is 28.1 Å². The van der Waals surface area contributed by atoms with E-state index in [1.54, 1.807) is 6.20 Å². The van der Waals surface area contributed by atoms with Gasteiger partial charge in [-0.3, -0.25) is 9.88 Å². The standard InChI is InChI=1S/C18H21ClN2O/c19-17-5-3-15(4-6-17)18(22)16-7-10-21(11-8-16)13-14-2-1-9-20-12-14/h1-6,9,12,16,18,22H,7-8,10-11,13H2. The molecule has 0 saturated carbocycles. The Morgan fingerprint density at radius 2 is 1.91 bits per heavy atom. The third-order valence-corrected chi connectivity index (χ3v) is 4.67. The number of aliphatic hydroxyl groups is 1. The molecule has 4 heteroatoms. The fraction of sp³-hybridized carbons (Fsp3) is 0.389. The summed E-state index contributed by atoms with van der Waals surface area (Å²) in [7, 11) is 0. The van der Waals surface area contributed by atoms with Crippen LogP contribution in [0.15, 0.2) is 48.8 Å². The molecule has 2 aromatic rings. The van der Waals surface area contributed by atoms with Gasteiger partial charge < -0.3 is 5.11 Å². The number of hydrogen-bond acceptors (Lipinski definition) is 3. The Labute approximate surface area is 136 Å². The molecule has 116 valence electrons. The van der Waals surface area contributed by atoms with Crippen LogP contribution in [0.4, 0.5) is 0 Å². The van der Waals surface area contributed by atoms with Crippen molar-refractivity contribution in [3.8, 4) is 0 Å². The van der Waals surface area contributed by atoms with E-state index in [0.29, 0.717) is 10.9 Å². The number of hydrogen-bond donors (Lipinski definition) is 1. The highest BCUT2D eigenvalue weighted by Crippen LogP contribution is 2.31. The summed E-state index contributed by atoms with van der Waals surface area (Å²) >= 11 is 5.90. The second kappa shape index (κ2) is 7.23. The van der Waals surface area contributed by atoms with Crippen LogP contribution >= 0.6 is 11.6 Å². The molecule has 22 heavy (non-hydrogen) atoms. The summed E-state index contributed by atoms with van der Waals surface area (Å²) in [5.74, 6) is 0.325. The first kappa shape index (κ1) is 15.5. The van der Waals surface area contributed by atoms with Crippen molar-refractivity contribution in [2.45, 2.75) is 25.5 Å². The number of rotatable bonds is 4. The Hall–Kier alpha value is -1.42. The van der Waals surface area contributed by atoms with Crippen molar-refractivity contribution < 1.29 is 5.11 Å². The van der Waals surface area contributed by atoms with E-state index in [1.807, 2.05) is 36.5 Å². The summed E-state index contributed by atoms with van der Waals surface area (Å²) in [5, 5.41) is 11.3. The Morgan fingerprint density at radius 3 is 2.55 bits per heavy atom. The maximum absolute atomic E-state index is 10.5. The van der Waals surface area contributed by atoms with Crippen LogP contribution < -0.4 is 0 Å². The zero-order valence-electron chi connectivity index (χ0n) is 12.5. The highest BCUT2D eigenvalue weighted by atomic mass is 35.5. The summed E-state index contributed by atoms with van der Waals surface area (Å²) < 4.78 is 0. The molecule has 3 rings (SSSR count). The van der Waals surface area contributed by atoms with E-state index in [9.17, 15) is 5.11 Å². The minimum absolute atomic E-state index is 0.325. The van der Waals surface area contributed by atoms with Crippen molar-refractivity contribution in [2.24, 2.45) is 5.92 Å². The van der Waals surface area contributed by atoms with Crippen LogP contribution in [0.2, 0.25) is 5.02 Å². The Morgan fingerprint density at radius 1 is 1.18 bits per heavy atom. The first-order valence-electron chi connectivity index (χ1n) is 7.77. The van der Waals surface area contributed by atoms with Gasteiger partial charge in [0.15, 0.2) is 0 Å². The molecule has 1 saturated heterocycles. The van der Waals surface area contributed by atoms with E-state index in [1.165, 1.54) is 5.56 Å². The first-order chi connectivity index (χ1) is 10.7. The van der Waals surface area contributed by atoms with Gasteiger partial charge in [-0.15, -0.1) is 0 Å². The Bertz CT molecular complexity index is 580. The van der Waals surface area contributed by atoms with Crippen LogP contribution in [0.5, 0.6) is 0 Å². The molecule has 1 aliphatic rings. The molecule has 2 heterocycles. The molecular formula is C18H21ClN2O. The van der Waals surface area contributed by atoms with E-state index in [2.05, 4.69) is 16.0 Å². The largest absolute Gasteiger partial charge is 0.388 e. The van der Waals surface area contributed by atoms with E-state index in [4.69, 9.17) is 11.6 Å². The van der Waals surface area contributed by atoms with Gasteiger partial charge in [0, 0.05) is 24.0 Å². The van der Waals surface area contributed by atoms with E-state index in [0.717, 1.165) is 38.0 Å².